The predicted octanol–water partition coefficient (Wildman–Crippen LogP) is 4.42. The first-order chi connectivity index (χ1) is 5.19. The van der Waals surface area contributed by atoms with Gasteiger partial charge in [0, 0.05) is 0 Å². The van der Waals surface area contributed by atoms with E-state index >= 15 is 0 Å². The molecule has 0 saturated heterocycles. The minimum atomic E-state index is 0.326. The molecule has 0 spiro atoms. The summed E-state index contributed by atoms with van der Waals surface area (Å²) in [5.74, 6) is 0. The second kappa shape index (κ2) is 3.64. The third kappa shape index (κ3) is 3.94. The maximum absolute atomic E-state index is 2.41. The summed E-state index contributed by atoms with van der Waals surface area (Å²) in [5.41, 5.74) is 2.18. The first-order valence-electron chi connectivity index (χ1n) is 4.89. The Hall–Kier alpha value is -0.260. The second-order valence-corrected chi connectivity index (χ2v) is 5.42. The van der Waals surface area contributed by atoms with Gasteiger partial charge in [0.25, 0.3) is 0 Å². The Kier molecular flexibility index (Phi) is 3.56. The van der Waals surface area contributed by atoms with Crippen LogP contribution in [0.3, 0.4) is 0 Å². The van der Waals surface area contributed by atoms with Crippen molar-refractivity contribution in [2.75, 3.05) is 0 Å². The Labute approximate surface area is 78.1 Å². The van der Waals surface area contributed by atoms with Gasteiger partial charge in [-0.05, 0) is 24.2 Å². The Morgan fingerprint density at radius 2 is 1.50 bits per heavy atom. The van der Waals surface area contributed by atoms with Crippen molar-refractivity contribution in [3.8, 4) is 0 Å². The summed E-state index contributed by atoms with van der Waals surface area (Å²) in [6.07, 6.45) is 3.62. The van der Waals surface area contributed by atoms with Gasteiger partial charge in [0.2, 0.25) is 0 Å². The lowest BCUT2D eigenvalue weighted by Crippen LogP contribution is -2.12. The summed E-state index contributed by atoms with van der Waals surface area (Å²) in [7, 11) is 0. The Morgan fingerprint density at radius 1 is 1.08 bits per heavy atom. The average molecular weight is 168 g/mol. The minimum Gasteiger partial charge on any atom is -0.0794 e. The molecule has 0 atom stereocenters. The highest BCUT2D eigenvalue weighted by atomic mass is 14.2. The van der Waals surface area contributed by atoms with Crippen LogP contribution >= 0.6 is 0 Å². The molecule has 0 fully saturated rings. The van der Waals surface area contributed by atoms with E-state index in [0.29, 0.717) is 10.8 Å². The maximum Gasteiger partial charge on any atom is -0.0175 e. The van der Waals surface area contributed by atoms with E-state index in [1.54, 1.807) is 0 Å². The quantitative estimate of drug-likeness (QED) is 0.536. The van der Waals surface area contributed by atoms with Crippen molar-refractivity contribution in [2.45, 2.75) is 54.9 Å². The zero-order chi connectivity index (χ0) is 9.99. The topological polar surface area (TPSA) is 0 Å². The van der Waals surface area contributed by atoms with Gasteiger partial charge in [-0.25, -0.2) is 0 Å². The van der Waals surface area contributed by atoms with Crippen LogP contribution in [0.25, 0.3) is 0 Å². The second-order valence-electron chi connectivity index (χ2n) is 5.42. The monoisotopic (exact) mass is 168 g/mol. The zero-order valence-electron chi connectivity index (χ0n) is 9.78. The van der Waals surface area contributed by atoms with Crippen molar-refractivity contribution in [3.63, 3.8) is 0 Å². The third-order valence-corrected chi connectivity index (χ3v) is 2.70. The molecule has 0 aliphatic rings. The Bertz CT molecular complexity index is 165. The fourth-order valence-corrected chi connectivity index (χ4v) is 0.905. The molecule has 0 aliphatic carbocycles. The van der Waals surface area contributed by atoms with Crippen LogP contribution in [-0.4, -0.2) is 0 Å². The number of hydrogen-bond acceptors (Lipinski definition) is 0. The van der Waals surface area contributed by atoms with Gasteiger partial charge in [0.15, 0.2) is 0 Å². The highest BCUT2D eigenvalue weighted by molar-refractivity contribution is 5.11. The van der Waals surface area contributed by atoms with E-state index in [2.05, 4.69) is 54.5 Å². The molecule has 0 saturated carbocycles. The van der Waals surface area contributed by atoms with E-state index in [4.69, 9.17) is 0 Å². The summed E-state index contributed by atoms with van der Waals surface area (Å²) >= 11 is 0. The van der Waals surface area contributed by atoms with Gasteiger partial charge in [-0.3, -0.25) is 0 Å². The van der Waals surface area contributed by atoms with Crippen LogP contribution in [0.15, 0.2) is 11.6 Å². The van der Waals surface area contributed by atoms with Crippen molar-refractivity contribution in [3.05, 3.63) is 11.6 Å². The average Bonchev–Trinajstić information content (AvgIpc) is 1.85. The maximum atomic E-state index is 2.41. The molecule has 0 amide bonds. The smallest absolute Gasteiger partial charge is 0.0175 e. The molecular formula is C12H24. The molecule has 0 bridgehead atoms. The summed E-state index contributed by atoms with van der Waals surface area (Å²) in [6.45, 7) is 15.9. The summed E-state index contributed by atoms with van der Waals surface area (Å²) < 4.78 is 0. The van der Waals surface area contributed by atoms with Gasteiger partial charge in [0.05, 0.1) is 0 Å². The minimum absolute atomic E-state index is 0.326. The highest BCUT2D eigenvalue weighted by Crippen LogP contribution is 2.31. The van der Waals surface area contributed by atoms with E-state index in [1.165, 1.54) is 12.0 Å². The number of allylic oxidation sites excluding steroid dienone is 2. The first-order valence-corrected chi connectivity index (χ1v) is 4.89. The number of rotatable bonds is 2. The molecule has 0 radical (unpaired) electrons. The molecule has 0 heteroatoms. The largest absolute Gasteiger partial charge is 0.0794 e. The van der Waals surface area contributed by atoms with Crippen LogP contribution < -0.4 is 0 Å². The van der Waals surface area contributed by atoms with E-state index < -0.39 is 0 Å². The normalized spacial score (nSPS) is 15.1. The molecule has 0 aromatic carbocycles. The van der Waals surface area contributed by atoms with Gasteiger partial charge in [-0.15, -0.1) is 0 Å². The fourth-order valence-electron chi connectivity index (χ4n) is 0.905. The summed E-state index contributed by atoms with van der Waals surface area (Å²) in [4.78, 5) is 0. The van der Waals surface area contributed by atoms with Crippen molar-refractivity contribution in [2.24, 2.45) is 10.8 Å². The van der Waals surface area contributed by atoms with Gasteiger partial charge >= 0.3 is 0 Å². The van der Waals surface area contributed by atoms with Crippen molar-refractivity contribution >= 4 is 0 Å². The lowest BCUT2D eigenvalue weighted by Gasteiger charge is -2.25. The van der Waals surface area contributed by atoms with Crippen LogP contribution in [-0.2, 0) is 0 Å². The lowest BCUT2D eigenvalue weighted by molar-refractivity contribution is 0.432. The van der Waals surface area contributed by atoms with Crippen LogP contribution in [0, 0.1) is 10.8 Å². The van der Waals surface area contributed by atoms with Gasteiger partial charge in [-0.1, -0.05) is 53.2 Å². The molecule has 0 N–H and O–H groups in total. The van der Waals surface area contributed by atoms with E-state index in [-0.39, 0.29) is 0 Å². The molecule has 0 aromatic rings. The predicted molar refractivity (Wildman–Crippen MR) is 57.3 cm³/mol. The molecule has 12 heavy (non-hydrogen) atoms. The van der Waals surface area contributed by atoms with Crippen molar-refractivity contribution in [1.29, 1.82) is 0 Å². The molecule has 0 nitrogen and oxygen atoms in total. The summed E-state index contributed by atoms with van der Waals surface area (Å²) in [5, 5.41) is 0. The van der Waals surface area contributed by atoms with Crippen LogP contribution in [0.4, 0.5) is 0 Å². The van der Waals surface area contributed by atoms with Gasteiger partial charge < -0.3 is 0 Å². The number of hydrogen-bond donors (Lipinski definition) is 0. The molecule has 72 valence electrons. The van der Waals surface area contributed by atoms with E-state index in [0.717, 1.165) is 0 Å². The first kappa shape index (κ1) is 11.7. The van der Waals surface area contributed by atoms with Crippen molar-refractivity contribution < 1.29 is 0 Å². The van der Waals surface area contributed by atoms with Gasteiger partial charge in [0.1, 0.15) is 0 Å². The lowest BCUT2D eigenvalue weighted by atomic mass is 9.80. The molecule has 0 rings (SSSR count). The third-order valence-electron chi connectivity index (χ3n) is 2.70. The SMILES string of the molecule is CCC(C)(C)C=C(C)C(C)(C)C. The van der Waals surface area contributed by atoms with E-state index in [9.17, 15) is 0 Å². The molecule has 0 aromatic heterocycles. The van der Waals surface area contributed by atoms with Crippen molar-refractivity contribution in [1.82, 2.24) is 0 Å². The Morgan fingerprint density at radius 3 is 1.75 bits per heavy atom. The molecule has 0 aliphatic heterocycles. The molecular weight excluding hydrogens is 144 g/mol. The highest BCUT2D eigenvalue weighted by Gasteiger charge is 2.17. The van der Waals surface area contributed by atoms with Crippen LogP contribution in [0.1, 0.15) is 54.9 Å². The van der Waals surface area contributed by atoms with Crippen LogP contribution in [0.2, 0.25) is 0 Å². The Balaban J connectivity index is 4.57. The standard InChI is InChI=1S/C12H24/c1-8-12(6,7)9-10(2)11(3,4)5/h9H,8H2,1-7H3. The molecule has 0 heterocycles. The van der Waals surface area contributed by atoms with Gasteiger partial charge in [-0.2, -0.15) is 0 Å². The fraction of sp³-hybridized carbons (Fsp3) is 0.833. The molecule has 0 unspecified atom stereocenters. The zero-order valence-corrected chi connectivity index (χ0v) is 9.78. The van der Waals surface area contributed by atoms with Crippen LogP contribution in [0.5, 0.6) is 0 Å². The summed E-state index contributed by atoms with van der Waals surface area (Å²) in [6, 6.07) is 0. The van der Waals surface area contributed by atoms with E-state index in [1.807, 2.05) is 0 Å².